The third kappa shape index (κ3) is 3.77. The highest BCUT2D eigenvalue weighted by Gasteiger charge is 2.39. The molecule has 2 rings (SSSR count). The van der Waals surface area contributed by atoms with E-state index in [1.54, 1.807) is 0 Å². The number of piperidine rings is 1. The van der Waals surface area contributed by atoms with Crippen molar-refractivity contribution in [2.24, 2.45) is 28.9 Å². The van der Waals surface area contributed by atoms with Crippen LogP contribution in [0.4, 0.5) is 0 Å². The van der Waals surface area contributed by atoms with Crippen LogP contribution >= 0.6 is 0 Å². The zero-order valence-electron chi connectivity index (χ0n) is 13.6. The van der Waals surface area contributed by atoms with E-state index < -0.39 is 0 Å². The highest BCUT2D eigenvalue weighted by molar-refractivity contribution is 5.76. The van der Waals surface area contributed by atoms with E-state index >= 15 is 0 Å². The minimum atomic E-state index is -0.164. The molecule has 0 bridgehead atoms. The molecule has 2 fully saturated rings. The van der Waals surface area contributed by atoms with Crippen molar-refractivity contribution in [2.45, 2.75) is 58.9 Å². The number of nitrogens with zero attached hydrogens (tertiary/aromatic N) is 2. The number of carbonyl (C=O) groups excluding carboxylic acids is 1. The minimum Gasteiger partial charge on any atom is -0.369 e. The molecule has 3 unspecified atom stereocenters. The van der Waals surface area contributed by atoms with Crippen LogP contribution < -0.4 is 5.73 Å². The van der Waals surface area contributed by atoms with Crippen molar-refractivity contribution in [3.05, 3.63) is 0 Å². The molecule has 1 heterocycles. The number of primary amides is 1. The van der Waals surface area contributed by atoms with Crippen LogP contribution in [0.5, 0.6) is 0 Å². The average Bonchev–Trinajstić information content (AvgIpc) is 2.45. The van der Waals surface area contributed by atoms with Gasteiger partial charge in [0.1, 0.15) is 0 Å². The molecule has 1 saturated heterocycles. The first-order valence-corrected chi connectivity index (χ1v) is 8.26. The first-order valence-electron chi connectivity index (χ1n) is 8.26. The Kier molecular flexibility index (Phi) is 4.93. The van der Waals surface area contributed by atoms with Gasteiger partial charge < -0.3 is 5.73 Å². The summed E-state index contributed by atoms with van der Waals surface area (Å²) in [6.07, 6.45) is 4.99. The van der Waals surface area contributed by atoms with Crippen LogP contribution in [0, 0.1) is 34.5 Å². The zero-order valence-corrected chi connectivity index (χ0v) is 13.6. The summed E-state index contributed by atoms with van der Waals surface area (Å²) in [6, 6.07) is 2.89. The lowest BCUT2D eigenvalue weighted by molar-refractivity contribution is -0.123. The maximum absolute atomic E-state index is 11.3. The zero-order chi connectivity index (χ0) is 15.6. The molecule has 1 aliphatic heterocycles. The fourth-order valence-corrected chi connectivity index (χ4v) is 4.00. The molecule has 0 aromatic carbocycles. The van der Waals surface area contributed by atoms with E-state index in [4.69, 9.17) is 5.73 Å². The molecule has 0 aromatic heterocycles. The van der Waals surface area contributed by atoms with Crippen LogP contribution in [-0.4, -0.2) is 29.9 Å². The lowest BCUT2D eigenvalue weighted by Gasteiger charge is -2.46. The first-order chi connectivity index (χ1) is 9.82. The van der Waals surface area contributed by atoms with Crippen LogP contribution in [-0.2, 0) is 4.79 Å². The molecule has 4 heteroatoms. The van der Waals surface area contributed by atoms with Gasteiger partial charge in [-0.25, -0.2) is 0 Å². The molecule has 21 heavy (non-hydrogen) atoms. The number of hydrogen-bond acceptors (Lipinski definition) is 3. The molecule has 2 N–H and O–H groups in total. The van der Waals surface area contributed by atoms with E-state index in [0.717, 1.165) is 45.2 Å². The van der Waals surface area contributed by atoms with Gasteiger partial charge in [0.05, 0.1) is 12.0 Å². The topological polar surface area (TPSA) is 70.1 Å². The van der Waals surface area contributed by atoms with E-state index in [0.29, 0.717) is 17.4 Å². The fourth-order valence-electron chi connectivity index (χ4n) is 4.00. The number of carbonyl (C=O) groups is 1. The Balaban J connectivity index is 2.02. The highest BCUT2D eigenvalue weighted by Crippen LogP contribution is 2.42. The lowest BCUT2D eigenvalue weighted by Crippen LogP contribution is -2.50. The van der Waals surface area contributed by atoms with Crippen LogP contribution in [0.15, 0.2) is 0 Å². The van der Waals surface area contributed by atoms with Crippen molar-refractivity contribution >= 4 is 5.91 Å². The quantitative estimate of drug-likeness (QED) is 0.850. The van der Waals surface area contributed by atoms with Gasteiger partial charge in [0.25, 0.3) is 0 Å². The predicted molar refractivity (Wildman–Crippen MR) is 83.2 cm³/mol. The molecule has 0 aromatic rings. The minimum absolute atomic E-state index is 0.0313. The van der Waals surface area contributed by atoms with Crippen LogP contribution in [0.25, 0.3) is 0 Å². The molecule has 4 nitrogen and oxygen atoms in total. The Morgan fingerprint density at radius 1 is 1.19 bits per heavy atom. The van der Waals surface area contributed by atoms with Gasteiger partial charge in [-0.2, -0.15) is 5.26 Å². The Bertz CT molecular complexity index is 413. The summed E-state index contributed by atoms with van der Waals surface area (Å²) in [5.74, 6) is 0.696. The molecule has 2 aliphatic rings. The summed E-state index contributed by atoms with van der Waals surface area (Å²) < 4.78 is 0. The lowest BCUT2D eigenvalue weighted by atomic mass is 9.67. The second-order valence-electron chi connectivity index (χ2n) is 7.89. The number of amides is 1. The van der Waals surface area contributed by atoms with Crippen molar-refractivity contribution in [2.75, 3.05) is 13.1 Å². The van der Waals surface area contributed by atoms with Gasteiger partial charge in [-0.3, -0.25) is 9.69 Å². The highest BCUT2D eigenvalue weighted by atomic mass is 16.1. The molecular weight excluding hydrogens is 262 g/mol. The van der Waals surface area contributed by atoms with Crippen molar-refractivity contribution < 1.29 is 4.79 Å². The van der Waals surface area contributed by atoms with Gasteiger partial charge in [0.2, 0.25) is 5.91 Å². The summed E-state index contributed by atoms with van der Waals surface area (Å²) in [6.45, 7) is 8.74. The normalized spacial score (nSPS) is 32.6. The maximum atomic E-state index is 11.3. The van der Waals surface area contributed by atoms with Gasteiger partial charge in [-0.15, -0.1) is 0 Å². The summed E-state index contributed by atoms with van der Waals surface area (Å²) in [5, 5.41) is 9.47. The first kappa shape index (κ1) is 16.3. The smallest absolute Gasteiger partial charge is 0.220 e. The Morgan fingerprint density at radius 2 is 1.81 bits per heavy atom. The van der Waals surface area contributed by atoms with Gasteiger partial charge in [0, 0.05) is 12.0 Å². The molecule has 1 aliphatic carbocycles. The second kappa shape index (κ2) is 6.36. The molecule has 118 valence electrons. The fraction of sp³-hybridized carbons (Fsp3) is 0.882. The van der Waals surface area contributed by atoms with Gasteiger partial charge >= 0.3 is 0 Å². The molecule has 3 atom stereocenters. The van der Waals surface area contributed by atoms with E-state index in [1.165, 1.54) is 0 Å². The number of rotatable bonds is 2. The Morgan fingerprint density at radius 3 is 2.29 bits per heavy atom. The largest absolute Gasteiger partial charge is 0.369 e. The van der Waals surface area contributed by atoms with Crippen LogP contribution in [0.2, 0.25) is 0 Å². The third-order valence-corrected chi connectivity index (χ3v) is 5.61. The van der Waals surface area contributed by atoms with E-state index in [-0.39, 0.29) is 17.7 Å². The third-order valence-electron chi connectivity index (χ3n) is 5.61. The van der Waals surface area contributed by atoms with E-state index in [1.807, 2.05) is 0 Å². The maximum Gasteiger partial charge on any atom is 0.220 e. The number of likely N-dealkylation sites (tertiary alicyclic amines) is 1. The SMILES string of the molecule is CC(C)(C)C1CCC(C#N)C(N2CCC(C(N)=O)CC2)C1. The Labute approximate surface area is 128 Å². The monoisotopic (exact) mass is 291 g/mol. The van der Waals surface area contributed by atoms with Gasteiger partial charge in [-0.1, -0.05) is 20.8 Å². The Hall–Kier alpha value is -1.08. The van der Waals surface area contributed by atoms with Crippen molar-refractivity contribution in [3.8, 4) is 6.07 Å². The summed E-state index contributed by atoms with van der Waals surface area (Å²) in [4.78, 5) is 13.7. The average molecular weight is 291 g/mol. The van der Waals surface area contributed by atoms with Gasteiger partial charge in [0.15, 0.2) is 0 Å². The summed E-state index contributed by atoms with van der Waals surface area (Å²) in [5.41, 5.74) is 5.72. The summed E-state index contributed by atoms with van der Waals surface area (Å²) >= 11 is 0. The predicted octanol–water partition coefficient (Wildman–Crippen LogP) is 2.54. The van der Waals surface area contributed by atoms with E-state index in [9.17, 15) is 10.1 Å². The van der Waals surface area contributed by atoms with Crippen molar-refractivity contribution in [3.63, 3.8) is 0 Å². The van der Waals surface area contributed by atoms with Crippen molar-refractivity contribution in [1.82, 2.24) is 4.90 Å². The van der Waals surface area contributed by atoms with Gasteiger partial charge in [-0.05, 0) is 56.5 Å². The second-order valence-corrected chi connectivity index (χ2v) is 7.89. The van der Waals surface area contributed by atoms with E-state index in [2.05, 4.69) is 31.7 Å². The molecule has 0 radical (unpaired) electrons. The van der Waals surface area contributed by atoms with Crippen LogP contribution in [0.3, 0.4) is 0 Å². The van der Waals surface area contributed by atoms with Crippen molar-refractivity contribution in [1.29, 1.82) is 5.26 Å². The molecule has 0 spiro atoms. The molecule has 1 saturated carbocycles. The number of nitrogens with two attached hydrogens (primary N) is 1. The molecule has 1 amide bonds. The standard InChI is InChI=1S/C17H29N3O/c1-17(2,3)14-5-4-13(11-18)15(10-14)20-8-6-12(7-9-20)16(19)21/h12-15H,4-10H2,1-3H3,(H2,19,21). The number of nitriles is 1. The molecular formula is C17H29N3O. The summed E-state index contributed by atoms with van der Waals surface area (Å²) in [7, 11) is 0. The number of hydrogen-bond donors (Lipinski definition) is 1. The van der Waals surface area contributed by atoms with Crippen LogP contribution in [0.1, 0.15) is 52.9 Å².